The summed E-state index contributed by atoms with van der Waals surface area (Å²) in [6.45, 7) is 4.68. The summed E-state index contributed by atoms with van der Waals surface area (Å²) in [6, 6.07) is -1.12. The lowest BCUT2D eigenvalue weighted by atomic mass is 9.79. The van der Waals surface area contributed by atoms with Gasteiger partial charge in [0.05, 0.1) is 12.2 Å². The van der Waals surface area contributed by atoms with E-state index in [1.807, 2.05) is 0 Å². The highest BCUT2D eigenvalue weighted by molar-refractivity contribution is 5.85. The summed E-state index contributed by atoms with van der Waals surface area (Å²) in [5.74, 6) is -1.67. The number of ether oxygens (including phenoxy) is 2. The Morgan fingerprint density at radius 1 is 1.30 bits per heavy atom. The molecule has 0 saturated carbocycles. The molecule has 132 valence electrons. The minimum atomic E-state index is -1.13. The van der Waals surface area contributed by atoms with E-state index in [2.05, 4.69) is 5.32 Å². The third-order valence-corrected chi connectivity index (χ3v) is 4.99. The largest absolute Gasteiger partial charge is 0.480 e. The summed E-state index contributed by atoms with van der Waals surface area (Å²) in [4.78, 5) is 24.0. The number of aliphatic carboxylic acids is 1. The summed E-state index contributed by atoms with van der Waals surface area (Å²) in [5, 5.41) is 21.4. The summed E-state index contributed by atoms with van der Waals surface area (Å²) in [6.07, 6.45) is 2.71. The van der Waals surface area contributed by atoms with Crippen molar-refractivity contribution >= 4 is 11.9 Å². The highest BCUT2D eigenvalue weighted by atomic mass is 16.5. The van der Waals surface area contributed by atoms with E-state index in [4.69, 9.17) is 9.47 Å². The van der Waals surface area contributed by atoms with Crippen LogP contribution in [-0.2, 0) is 19.1 Å². The maximum atomic E-state index is 12.6. The van der Waals surface area contributed by atoms with Gasteiger partial charge in [-0.25, -0.2) is 4.79 Å². The van der Waals surface area contributed by atoms with Gasteiger partial charge in [-0.05, 0) is 25.7 Å². The van der Waals surface area contributed by atoms with Gasteiger partial charge in [-0.15, -0.1) is 0 Å². The number of hydrogen-bond acceptors (Lipinski definition) is 5. The predicted molar refractivity (Wildman–Crippen MR) is 81.9 cm³/mol. The monoisotopic (exact) mass is 329 g/mol. The van der Waals surface area contributed by atoms with Gasteiger partial charge < -0.3 is 25.0 Å². The lowest BCUT2D eigenvalue weighted by Crippen LogP contribution is -2.55. The molecule has 2 fully saturated rings. The Kier molecular flexibility index (Phi) is 5.65. The van der Waals surface area contributed by atoms with Crippen LogP contribution < -0.4 is 5.32 Å². The van der Waals surface area contributed by atoms with Crippen molar-refractivity contribution in [2.45, 2.75) is 51.2 Å². The lowest BCUT2D eigenvalue weighted by Gasteiger charge is -2.43. The molecule has 0 aromatic rings. The van der Waals surface area contributed by atoms with E-state index in [0.29, 0.717) is 32.7 Å². The Bertz CT molecular complexity index is 438. The molecule has 7 nitrogen and oxygen atoms in total. The third kappa shape index (κ3) is 4.22. The fourth-order valence-electron chi connectivity index (χ4n) is 3.29. The number of nitrogens with one attached hydrogen (secondary N) is 1. The quantitative estimate of drug-likeness (QED) is 0.680. The smallest absolute Gasteiger partial charge is 0.326 e. The maximum Gasteiger partial charge on any atom is 0.326 e. The molecule has 1 spiro atoms. The van der Waals surface area contributed by atoms with Crippen molar-refractivity contribution in [3.05, 3.63) is 0 Å². The molecule has 2 atom stereocenters. The normalized spacial score (nSPS) is 25.8. The molecule has 0 aromatic heterocycles. The molecule has 23 heavy (non-hydrogen) atoms. The molecular weight excluding hydrogens is 302 g/mol. The standard InChI is InChI=1S/C16H27NO6/c1-15(2,10-18)12(14(20)21)17-13(19)11-3-6-23-16(9-11)4-7-22-8-5-16/h11-12,18H,3-10H2,1-2H3,(H,17,19)(H,20,21). The van der Waals surface area contributed by atoms with Crippen LogP contribution in [0.4, 0.5) is 0 Å². The van der Waals surface area contributed by atoms with Crippen LogP contribution in [0.5, 0.6) is 0 Å². The van der Waals surface area contributed by atoms with E-state index < -0.39 is 17.4 Å². The van der Waals surface area contributed by atoms with Crippen LogP contribution in [0.3, 0.4) is 0 Å². The number of rotatable bonds is 5. The maximum absolute atomic E-state index is 12.6. The Labute approximate surface area is 136 Å². The van der Waals surface area contributed by atoms with E-state index in [1.54, 1.807) is 13.8 Å². The van der Waals surface area contributed by atoms with Gasteiger partial charge in [-0.2, -0.15) is 0 Å². The molecule has 2 rings (SSSR count). The molecule has 0 aromatic carbocycles. The molecule has 2 saturated heterocycles. The van der Waals surface area contributed by atoms with E-state index in [1.165, 1.54) is 0 Å². The van der Waals surface area contributed by atoms with Crippen LogP contribution in [0.15, 0.2) is 0 Å². The van der Waals surface area contributed by atoms with E-state index in [0.717, 1.165) is 12.8 Å². The van der Waals surface area contributed by atoms with Crippen molar-refractivity contribution in [1.29, 1.82) is 0 Å². The van der Waals surface area contributed by atoms with Gasteiger partial charge in [0, 0.05) is 31.2 Å². The number of aliphatic hydroxyl groups is 1. The molecule has 2 aliphatic rings. The van der Waals surface area contributed by atoms with E-state index in [-0.39, 0.29) is 24.0 Å². The first-order chi connectivity index (χ1) is 10.8. The molecular formula is C16H27NO6. The topological polar surface area (TPSA) is 105 Å². The van der Waals surface area contributed by atoms with Crippen molar-refractivity contribution < 1.29 is 29.3 Å². The fourth-order valence-corrected chi connectivity index (χ4v) is 3.29. The van der Waals surface area contributed by atoms with Crippen LogP contribution in [0.25, 0.3) is 0 Å². The van der Waals surface area contributed by atoms with Crippen LogP contribution in [0.1, 0.15) is 39.5 Å². The molecule has 0 radical (unpaired) electrons. The van der Waals surface area contributed by atoms with Crippen LogP contribution >= 0.6 is 0 Å². The molecule has 7 heteroatoms. The van der Waals surface area contributed by atoms with Crippen molar-refractivity contribution in [1.82, 2.24) is 5.32 Å². The Balaban J connectivity index is 2.02. The van der Waals surface area contributed by atoms with Crippen molar-refractivity contribution in [2.24, 2.45) is 11.3 Å². The van der Waals surface area contributed by atoms with Gasteiger partial charge in [-0.1, -0.05) is 13.8 Å². The molecule has 2 heterocycles. The fraction of sp³-hybridized carbons (Fsp3) is 0.875. The minimum absolute atomic E-state index is 0.266. The Morgan fingerprint density at radius 2 is 1.96 bits per heavy atom. The number of carboxylic acid groups (broad SMARTS) is 1. The molecule has 0 bridgehead atoms. The number of carbonyl (C=O) groups excluding carboxylic acids is 1. The average molecular weight is 329 g/mol. The van der Waals surface area contributed by atoms with Crippen LogP contribution in [0.2, 0.25) is 0 Å². The zero-order valence-corrected chi connectivity index (χ0v) is 13.8. The second kappa shape index (κ2) is 7.15. The summed E-state index contributed by atoms with van der Waals surface area (Å²) in [7, 11) is 0. The van der Waals surface area contributed by atoms with Crippen molar-refractivity contribution in [3.63, 3.8) is 0 Å². The zero-order valence-electron chi connectivity index (χ0n) is 13.8. The number of hydrogen-bond donors (Lipinski definition) is 3. The van der Waals surface area contributed by atoms with Gasteiger partial charge in [0.2, 0.25) is 5.91 Å². The van der Waals surface area contributed by atoms with Gasteiger partial charge >= 0.3 is 5.97 Å². The molecule has 1 amide bonds. The number of amides is 1. The van der Waals surface area contributed by atoms with Crippen LogP contribution in [-0.4, -0.2) is 60.2 Å². The Hall–Kier alpha value is -1.18. The zero-order chi connectivity index (χ0) is 17.1. The van der Waals surface area contributed by atoms with Gasteiger partial charge in [0.25, 0.3) is 0 Å². The second-order valence-corrected chi connectivity index (χ2v) is 7.26. The summed E-state index contributed by atoms with van der Waals surface area (Å²) < 4.78 is 11.3. The van der Waals surface area contributed by atoms with E-state index >= 15 is 0 Å². The first-order valence-corrected chi connectivity index (χ1v) is 8.15. The first-order valence-electron chi connectivity index (χ1n) is 8.15. The van der Waals surface area contributed by atoms with E-state index in [9.17, 15) is 19.8 Å². The number of carbonyl (C=O) groups is 2. The van der Waals surface area contributed by atoms with Crippen molar-refractivity contribution in [2.75, 3.05) is 26.4 Å². The van der Waals surface area contributed by atoms with Gasteiger partial charge in [0.15, 0.2) is 0 Å². The molecule has 2 unspecified atom stereocenters. The third-order valence-electron chi connectivity index (χ3n) is 4.99. The highest BCUT2D eigenvalue weighted by Crippen LogP contribution is 2.37. The summed E-state index contributed by atoms with van der Waals surface area (Å²) >= 11 is 0. The second-order valence-electron chi connectivity index (χ2n) is 7.26. The Morgan fingerprint density at radius 3 is 2.52 bits per heavy atom. The molecule has 2 aliphatic heterocycles. The van der Waals surface area contributed by atoms with Gasteiger partial charge in [0.1, 0.15) is 6.04 Å². The molecule has 3 N–H and O–H groups in total. The minimum Gasteiger partial charge on any atom is -0.480 e. The highest BCUT2D eigenvalue weighted by Gasteiger charge is 2.43. The summed E-state index contributed by atoms with van der Waals surface area (Å²) in [5.41, 5.74) is -1.24. The van der Waals surface area contributed by atoms with Crippen LogP contribution in [0, 0.1) is 11.3 Å². The predicted octanol–water partition coefficient (Wildman–Crippen LogP) is 0.550. The number of aliphatic hydroxyl groups excluding tert-OH is 1. The average Bonchev–Trinajstić information content (AvgIpc) is 2.52. The SMILES string of the molecule is CC(C)(CO)C(NC(=O)C1CCOC2(CCOCC2)C1)C(=O)O. The number of carboxylic acids is 1. The lowest BCUT2D eigenvalue weighted by molar-refractivity contribution is -0.160. The van der Waals surface area contributed by atoms with Gasteiger partial charge in [-0.3, -0.25) is 4.79 Å². The molecule has 0 aliphatic carbocycles. The van der Waals surface area contributed by atoms with Crippen molar-refractivity contribution in [3.8, 4) is 0 Å². The first kappa shape index (κ1) is 18.2.